The SMILES string of the molecule is CCN(CC)c1ccc(C=NNC(=O)c2ccc3nonc3c2)cc1. The van der Waals surface area contributed by atoms with Gasteiger partial charge in [-0.05, 0) is 60.1 Å². The van der Waals surface area contributed by atoms with Crippen molar-refractivity contribution in [1.29, 1.82) is 0 Å². The molecule has 0 saturated carbocycles. The first-order chi connectivity index (χ1) is 12.2. The smallest absolute Gasteiger partial charge is 0.271 e. The first-order valence-electron chi connectivity index (χ1n) is 8.12. The maximum atomic E-state index is 12.1. The number of benzene rings is 2. The van der Waals surface area contributed by atoms with Crippen LogP contribution in [0.25, 0.3) is 11.0 Å². The molecule has 3 rings (SSSR count). The molecule has 0 radical (unpaired) electrons. The normalized spacial score (nSPS) is 11.1. The summed E-state index contributed by atoms with van der Waals surface area (Å²) in [6.07, 6.45) is 1.61. The zero-order chi connectivity index (χ0) is 17.6. The summed E-state index contributed by atoms with van der Waals surface area (Å²) < 4.78 is 4.62. The molecule has 0 atom stereocenters. The maximum absolute atomic E-state index is 12.1. The van der Waals surface area contributed by atoms with Gasteiger partial charge in [0.2, 0.25) is 0 Å². The number of carbonyl (C=O) groups is 1. The summed E-state index contributed by atoms with van der Waals surface area (Å²) in [5.74, 6) is -0.319. The minimum absolute atomic E-state index is 0.319. The minimum Gasteiger partial charge on any atom is -0.372 e. The lowest BCUT2D eigenvalue weighted by molar-refractivity contribution is 0.0955. The van der Waals surface area contributed by atoms with Gasteiger partial charge in [0, 0.05) is 24.3 Å². The fraction of sp³-hybridized carbons (Fsp3) is 0.222. The average Bonchev–Trinajstić information content (AvgIpc) is 3.11. The Kier molecular flexibility index (Phi) is 5.03. The number of carbonyl (C=O) groups excluding carboxylic acids is 1. The third-order valence-corrected chi connectivity index (χ3v) is 3.92. The van der Waals surface area contributed by atoms with Crippen molar-refractivity contribution in [2.45, 2.75) is 13.8 Å². The van der Waals surface area contributed by atoms with Gasteiger partial charge in [-0.15, -0.1) is 0 Å². The number of fused-ring (bicyclic) bond motifs is 1. The van der Waals surface area contributed by atoms with E-state index in [1.54, 1.807) is 24.4 Å². The summed E-state index contributed by atoms with van der Waals surface area (Å²) in [5, 5.41) is 11.4. The van der Waals surface area contributed by atoms with Crippen LogP contribution in [-0.4, -0.2) is 35.5 Å². The van der Waals surface area contributed by atoms with E-state index in [9.17, 15) is 4.79 Å². The number of nitrogens with one attached hydrogen (secondary N) is 1. The molecule has 7 nitrogen and oxygen atoms in total. The molecule has 1 N–H and O–H groups in total. The monoisotopic (exact) mass is 337 g/mol. The van der Waals surface area contributed by atoms with Crippen LogP contribution in [0.4, 0.5) is 5.69 Å². The Labute approximate surface area is 145 Å². The van der Waals surface area contributed by atoms with Crippen LogP contribution in [-0.2, 0) is 0 Å². The average molecular weight is 337 g/mol. The highest BCUT2D eigenvalue weighted by Gasteiger charge is 2.08. The molecule has 0 bridgehead atoms. The first kappa shape index (κ1) is 16.6. The van der Waals surface area contributed by atoms with Crippen LogP contribution in [0, 0.1) is 0 Å². The zero-order valence-electron chi connectivity index (χ0n) is 14.1. The Morgan fingerprint density at radius 1 is 1.12 bits per heavy atom. The molecule has 0 fully saturated rings. The van der Waals surface area contributed by atoms with Crippen LogP contribution < -0.4 is 10.3 Å². The standard InChI is InChI=1S/C18H19N5O2/c1-3-23(4-2)15-8-5-13(6-9-15)12-19-20-18(24)14-7-10-16-17(11-14)22-25-21-16/h5-12H,3-4H2,1-2H3,(H,20,24). The van der Waals surface area contributed by atoms with E-state index in [4.69, 9.17) is 0 Å². The summed E-state index contributed by atoms with van der Waals surface area (Å²) in [4.78, 5) is 14.4. The Morgan fingerprint density at radius 2 is 1.84 bits per heavy atom. The molecule has 1 heterocycles. The Morgan fingerprint density at radius 3 is 2.56 bits per heavy atom. The van der Waals surface area contributed by atoms with E-state index in [1.165, 1.54) is 5.69 Å². The second-order valence-corrected chi connectivity index (χ2v) is 5.43. The molecular formula is C18H19N5O2. The molecule has 1 aromatic heterocycles. The number of rotatable bonds is 6. The van der Waals surface area contributed by atoms with Gasteiger partial charge in [0.25, 0.3) is 5.91 Å². The van der Waals surface area contributed by atoms with Crippen LogP contribution in [0.1, 0.15) is 29.8 Å². The van der Waals surface area contributed by atoms with Crippen molar-refractivity contribution in [3.8, 4) is 0 Å². The van der Waals surface area contributed by atoms with Gasteiger partial charge in [0.1, 0.15) is 11.0 Å². The summed E-state index contributed by atoms with van der Waals surface area (Å²) in [6, 6.07) is 13.0. The van der Waals surface area contributed by atoms with E-state index in [-0.39, 0.29) is 5.91 Å². The van der Waals surface area contributed by atoms with Gasteiger partial charge < -0.3 is 4.90 Å². The molecule has 2 aromatic carbocycles. The van der Waals surface area contributed by atoms with Crippen molar-refractivity contribution in [1.82, 2.24) is 15.7 Å². The Balaban J connectivity index is 1.63. The third kappa shape index (κ3) is 3.82. The molecule has 0 aliphatic carbocycles. The summed E-state index contributed by atoms with van der Waals surface area (Å²) in [6.45, 7) is 6.18. The fourth-order valence-corrected chi connectivity index (χ4v) is 2.51. The highest BCUT2D eigenvalue weighted by Crippen LogP contribution is 2.14. The topological polar surface area (TPSA) is 83.6 Å². The lowest BCUT2D eigenvalue weighted by Gasteiger charge is -2.20. The first-order valence-corrected chi connectivity index (χ1v) is 8.12. The minimum atomic E-state index is -0.319. The van der Waals surface area contributed by atoms with Crippen LogP contribution in [0.5, 0.6) is 0 Å². The van der Waals surface area contributed by atoms with E-state index in [0.29, 0.717) is 16.6 Å². The zero-order valence-corrected chi connectivity index (χ0v) is 14.1. The van der Waals surface area contributed by atoms with Crippen molar-refractivity contribution in [3.63, 3.8) is 0 Å². The molecule has 0 unspecified atom stereocenters. The van der Waals surface area contributed by atoms with E-state index in [0.717, 1.165) is 18.7 Å². The second kappa shape index (κ2) is 7.57. The van der Waals surface area contributed by atoms with Crippen molar-refractivity contribution >= 4 is 28.8 Å². The van der Waals surface area contributed by atoms with Crippen molar-refractivity contribution in [2.75, 3.05) is 18.0 Å². The van der Waals surface area contributed by atoms with Crippen LogP contribution in [0.3, 0.4) is 0 Å². The summed E-state index contributed by atoms with van der Waals surface area (Å²) in [5.41, 5.74) is 6.16. The molecule has 25 heavy (non-hydrogen) atoms. The van der Waals surface area contributed by atoms with E-state index >= 15 is 0 Å². The lowest BCUT2D eigenvalue weighted by Crippen LogP contribution is -2.21. The van der Waals surface area contributed by atoms with Crippen LogP contribution >= 0.6 is 0 Å². The van der Waals surface area contributed by atoms with Crippen molar-refractivity contribution < 1.29 is 9.42 Å². The van der Waals surface area contributed by atoms with Gasteiger partial charge in [-0.1, -0.05) is 12.1 Å². The number of hydrogen-bond donors (Lipinski definition) is 1. The van der Waals surface area contributed by atoms with Gasteiger partial charge in [-0.3, -0.25) is 4.79 Å². The Bertz CT molecular complexity index is 882. The Hall–Kier alpha value is -3.22. The molecule has 3 aromatic rings. The predicted molar refractivity (Wildman–Crippen MR) is 96.9 cm³/mol. The van der Waals surface area contributed by atoms with Gasteiger partial charge in [-0.25, -0.2) is 10.1 Å². The highest BCUT2D eigenvalue weighted by atomic mass is 16.6. The van der Waals surface area contributed by atoms with Gasteiger partial charge in [-0.2, -0.15) is 5.10 Å². The van der Waals surface area contributed by atoms with E-state index in [2.05, 4.69) is 44.2 Å². The van der Waals surface area contributed by atoms with E-state index < -0.39 is 0 Å². The van der Waals surface area contributed by atoms with Crippen molar-refractivity contribution in [3.05, 3.63) is 53.6 Å². The number of aromatic nitrogens is 2. The number of nitrogens with zero attached hydrogens (tertiary/aromatic N) is 4. The molecule has 7 heteroatoms. The van der Waals surface area contributed by atoms with Gasteiger partial charge in [0.05, 0.1) is 6.21 Å². The molecule has 0 saturated heterocycles. The lowest BCUT2D eigenvalue weighted by atomic mass is 10.2. The van der Waals surface area contributed by atoms with Gasteiger partial charge >= 0.3 is 0 Å². The predicted octanol–water partition coefficient (Wildman–Crippen LogP) is 2.83. The quantitative estimate of drug-likeness (QED) is 0.552. The van der Waals surface area contributed by atoms with Crippen LogP contribution in [0.15, 0.2) is 52.2 Å². The second-order valence-electron chi connectivity index (χ2n) is 5.43. The number of amides is 1. The maximum Gasteiger partial charge on any atom is 0.271 e. The molecule has 0 aliphatic rings. The molecular weight excluding hydrogens is 318 g/mol. The molecule has 0 spiro atoms. The largest absolute Gasteiger partial charge is 0.372 e. The molecule has 0 aliphatic heterocycles. The fourth-order valence-electron chi connectivity index (χ4n) is 2.51. The molecule has 1 amide bonds. The van der Waals surface area contributed by atoms with Crippen molar-refractivity contribution in [2.24, 2.45) is 5.10 Å². The summed E-state index contributed by atoms with van der Waals surface area (Å²) >= 11 is 0. The van der Waals surface area contributed by atoms with Gasteiger partial charge in [0.15, 0.2) is 0 Å². The number of hydrazone groups is 1. The third-order valence-electron chi connectivity index (χ3n) is 3.92. The number of anilines is 1. The highest BCUT2D eigenvalue weighted by molar-refractivity contribution is 5.97. The summed E-state index contributed by atoms with van der Waals surface area (Å²) in [7, 11) is 0. The number of hydrogen-bond acceptors (Lipinski definition) is 6. The molecule has 128 valence electrons. The van der Waals surface area contributed by atoms with E-state index in [1.807, 2.05) is 24.3 Å². The van der Waals surface area contributed by atoms with Crippen LogP contribution in [0.2, 0.25) is 0 Å².